The molecule has 0 aliphatic heterocycles. The van der Waals surface area contributed by atoms with Gasteiger partial charge < -0.3 is 0 Å². The van der Waals surface area contributed by atoms with Crippen molar-refractivity contribution >= 4 is 0 Å². The normalized spacial score (nSPS) is 18.6. The van der Waals surface area contributed by atoms with E-state index in [2.05, 4.69) is 13.8 Å². The maximum Gasteiger partial charge on any atom is 0.0274 e. The van der Waals surface area contributed by atoms with Gasteiger partial charge in [-0.05, 0) is 31.6 Å². The Hall–Kier alpha value is -0.0400. The van der Waals surface area contributed by atoms with Gasteiger partial charge in [-0.3, -0.25) is 0 Å². The molecule has 0 aromatic heterocycles. The zero-order valence-corrected chi connectivity index (χ0v) is 13.5. The van der Waals surface area contributed by atoms with Crippen LogP contribution in [0.15, 0.2) is 0 Å². The van der Waals surface area contributed by atoms with Crippen molar-refractivity contribution in [3.8, 4) is 0 Å². The van der Waals surface area contributed by atoms with Gasteiger partial charge in [-0.25, -0.2) is 5.32 Å². The second kappa shape index (κ2) is 11.8. The second-order valence-corrected chi connectivity index (χ2v) is 6.43. The van der Waals surface area contributed by atoms with Gasteiger partial charge in [-0.2, -0.15) is 0 Å². The Balaban J connectivity index is 2.22. The molecule has 1 aliphatic rings. The first-order valence-electron chi connectivity index (χ1n) is 9.05. The van der Waals surface area contributed by atoms with Crippen LogP contribution in [0.5, 0.6) is 0 Å². The van der Waals surface area contributed by atoms with Crippen LogP contribution >= 0.6 is 0 Å². The zero-order chi connectivity index (χ0) is 13.8. The lowest BCUT2D eigenvalue weighted by molar-refractivity contribution is 0.249. The summed E-state index contributed by atoms with van der Waals surface area (Å²) in [6.07, 6.45) is 18.3. The zero-order valence-electron chi connectivity index (χ0n) is 13.5. The highest BCUT2D eigenvalue weighted by molar-refractivity contribution is 4.79. The molecule has 0 amide bonds. The second-order valence-electron chi connectivity index (χ2n) is 6.43. The van der Waals surface area contributed by atoms with Gasteiger partial charge in [0.25, 0.3) is 0 Å². The van der Waals surface area contributed by atoms with Crippen molar-refractivity contribution in [3.63, 3.8) is 0 Å². The summed E-state index contributed by atoms with van der Waals surface area (Å²) in [4.78, 5) is 0. The minimum Gasteiger partial charge on any atom is -0.238 e. The molecule has 113 valence electrons. The quantitative estimate of drug-likeness (QED) is 0.426. The summed E-state index contributed by atoms with van der Waals surface area (Å²) in [5.74, 6) is 0.928. The van der Waals surface area contributed by atoms with E-state index in [1.54, 1.807) is 0 Å². The summed E-state index contributed by atoms with van der Waals surface area (Å²) in [5, 5.41) is 5.05. The standard InChI is InChI=1S/C18H36N/c1-3-5-7-8-12-15-18(19-16-6-4-2)17-13-10-9-11-14-17/h17-18H,3-16H2,1-2H3. The van der Waals surface area contributed by atoms with Crippen molar-refractivity contribution in [1.29, 1.82) is 0 Å². The highest BCUT2D eigenvalue weighted by Crippen LogP contribution is 2.29. The van der Waals surface area contributed by atoms with Crippen molar-refractivity contribution < 1.29 is 0 Å². The molecule has 1 saturated carbocycles. The Labute approximate surface area is 121 Å². The van der Waals surface area contributed by atoms with Crippen molar-refractivity contribution in [2.24, 2.45) is 5.92 Å². The van der Waals surface area contributed by atoms with Gasteiger partial charge in [0.2, 0.25) is 0 Å². The highest BCUT2D eigenvalue weighted by Gasteiger charge is 2.23. The summed E-state index contributed by atoms with van der Waals surface area (Å²) < 4.78 is 0. The molecule has 1 heteroatoms. The van der Waals surface area contributed by atoms with Crippen LogP contribution in [0, 0.1) is 5.92 Å². The maximum absolute atomic E-state index is 5.05. The predicted molar refractivity (Wildman–Crippen MR) is 85.6 cm³/mol. The van der Waals surface area contributed by atoms with E-state index < -0.39 is 0 Å². The number of rotatable bonds is 11. The molecule has 0 heterocycles. The Kier molecular flexibility index (Phi) is 10.5. The van der Waals surface area contributed by atoms with Crippen LogP contribution in [0.4, 0.5) is 0 Å². The van der Waals surface area contributed by atoms with Crippen LogP contribution in [-0.4, -0.2) is 12.6 Å². The Morgan fingerprint density at radius 2 is 1.53 bits per heavy atom. The third-order valence-corrected chi connectivity index (χ3v) is 4.67. The fourth-order valence-electron chi connectivity index (χ4n) is 3.37. The van der Waals surface area contributed by atoms with Gasteiger partial charge in [0, 0.05) is 12.6 Å². The monoisotopic (exact) mass is 266 g/mol. The minimum atomic E-state index is 0.702. The first-order chi connectivity index (χ1) is 9.38. The van der Waals surface area contributed by atoms with E-state index in [0.717, 1.165) is 12.5 Å². The highest BCUT2D eigenvalue weighted by atomic mass is 14.9. The van der Waals surface area contributed by atoms with E-state index >= 15 is 0 Å². The third kappa shape index (κ3) is 7.97. The van der Waals surface area contributed by atoms with Crippen LogP contribution in [0.2, 0.25) is 0 Å². The molecular formula is C18H36N. The summed E-state index contributed by atoms with van der Waals surface area (Å²) in [5.41, 5.74) is 0. The summed E-state index contributed by atoms with van der Waals surface area (Å²) >= 11 is 0. The third-order valence-electron chi connectivity index (χ3n) is 4.67. The topological polar surface area (TPSA) is 14.1 Å². The Bertz CT molecular complexity index is 184. The van der Waals surface area contributed by atoms with Crippen molar-refractivity contribution in [3.05, 3.63) is 0 Å². The fourth-order valence-corrected chi connectivity index (χ4v) is 3.37. The fraction of sp³-hybridized carbons (Fsp3) is 1.00. The van der Waals surface area contributed by atoms with Crippen LogP contribution in [0.1, 0.15) is 97.3 Å². The molecule has 1 aliphatic carbocycles. The van der Waals surface area contributed by atoms with Gasteiger partial charge >= 0.3 is 0 Å². The molecule has 0 aromatic carbocycles. The average molecular weight is 266 g/mol. The molecule has 0 aromatic rings. The summed E-state index contributed by atoms with van der Waals surface area (Å²) in [6, 6.07) is 0.702. The van der Waals surface area contributed by atoms with Gasteiger partial charge in [0.15, 0.2) is 0 Å². The minimum absolute atomic E-state index is 0.702. The maximum atomic E-state index is 5.05. The lowest BCUT2D eigenvalue weighted by atomic mass is 9.82. The summed E-state index contributed by atoms with van der Waals surface area (Å²) in [6.45, 7) is 5.69. The van der Waals surface area contributed by atoms with Crippen LogP contribution in [0.3, 0.4) is 0 Å². The van der Waals surface area contributed by atoms with Crippen LogP contribution in [-0.2, 0) is 0 Å². The molecule has 0 bridgehead atoms. The van der Waals surface area contributed by atoms with Crippen molar-refractivity contribution in [2.75, 3.05) is 6.54 Å². The Morgan fingerprint density at radius 3 is 2.21 bits per heavy atom. The van der Waals surface area contributed by atoms with Crippen LogP contribution < -0.4 is 5.32 Å². The SMILES string of the molecule is CCCCCCCC([N]CCCC)C1CCCCC1. The van der Waals surface area contributed by atoms with E-state index in [-0.39, 0.29) is 0 Å². The lowest BCUT2D eigenvalue weighted by Crippen LogP contribution is -2.32. The molecule has 1 fully saturated rings. The smallest absolute Gasteiger partial charge is 0.0274 e. The number of hydrogen-bond donors (Lipinski definition) is 0. The molecular weight excluding hydrogens is 230 g/mol. The van der Waals surface area contributed by atoms with Crippen LogP contribution in [0.25, 0.3) is 0 Å². The predicted octanol–water partition coefficient (Wildman–Crippen LogP) is 5.70. The molecule has 0 N–H and O–H groups in total. The van der Waals surface area contributed by atoms with Crippen molar-refractivity contribution in [2.45, 2.75) is 103 Å². The van der Waals surface area contributed by atoms with Gasteiger partial charge in [-0.1, -0.05) is 71.6 Å². The number of nitrogens with zero attached hydrogens (tertiary/aromatic N) is 1. The molecule has 0 saturated heterocycles. The van der Waals surface area contributed by atoms with Gasteiger partial charge in [0.05, 0.1) is 0 Å². The molecule has 1 rings (SSSR count). The molecule has 19 heavy (non-hydrogen) atoms. The number of unbranched alkanes of at least 4 members (excludes halogenated alkanes) is 5. The molecule has 1 unspecified atom stereocenters. The van der Waals surface area contributed by atoms with Gasteiger partial charge in [-0.15, -0.1) is 0 Å². The molecule has 1 radical (unpaired) electrons. The largest absolute Gasteiger partial charge is 0.238 e. The molecule has 0 spiro atoms. The van der Waals surface area contributed by atoms with E-state index in [1.165, 1.54) is 83.5 Å². The van der Waals surface area contributed by atoms with E-state index in [0.29, 0.717) is 6.04 Å². The van der Waals surface area contributed by atoms with E-state index in [9.17, 15) is 0 Å². The first-order valence-corrected chi connectivity index (χ1v) is 9.05. The molecule has 1 nitrogen and oxygen atoms in total. The van der Waals surface area contributed by atoms with E-state index in [1.807, 2.05) is 0 Å². The summed E-state index contributed by atoms with van der Waals surface area (Å²) in [7, 11) is 0. The first kappa shape index (κ1) is 17.0. The van der Waals surface area contributed by atoms with Crippen molar-refractivity contribution in [1.82, 2.24) is 5.32 Å². The van der Waals surface area contributed by atoms with E-state index in [4.69, 9.17) is 5.32 Å². The average Bonchev–Trinajstić information content (AvgIpc) is 2.46. The number of hydrogen-bond acceptors (Lipinski definition) is 0. The molecule has 1 atom stereocenters. The van der Waals surface area contributed by atoms with Gasteiger partial charge in [0.1, 0.15) is 0 Å². The Morgan fingerprint density at radius 1 is 0.842 bits per heavy atom. The lowest BCUT2D eigenvalue weighted by Gasteiger charge is -2.30.